The third-order valence-electron chi connectivity index (χ3n) is 4.49. The lowest BCUT2D eigenvalue weighted by Crippen LogP contribution is -2.30. The number of nitro benzene ring substituents is 1. The van der Waals surface area contributed by atoms with Crippen LogP contribution >= 0.6 is 11.8 Å². The molecule has 2 heterocycles. The van der Waals surface area contributed by atoms with Crippen LogP contribution in [-0.2, 0) is 0 Å². The van der Waals surface area contributed by atoms with Crippen molar-refractivity contribution in [3.63, 3.8) is 0 Å². The number of aryl methyl sites for hydroxylation is 1. The molecule has 0 radical (unpaired) electrons. The maximum Gasteiger partial charge on any atom is 0.273 e. The van der Waals surface area contributed by atoms with Gasteiger partial charge in [-0.25, -0.2) is 0 Å². The Morgan fingerprint density at radius 2 is 2.04 bits per heavy atom. The van der Waals surface area contributed by atoms with Crippen LogP contribution in [0.5, 0.6) is 11.5 Å². The van der Waals surface area contributed by atoms with Gasteiger partial charge in [0.05, 0.1) is 4.92 Å². The fourth-order valence-corrected chi connectivity index (χ4v) is 4.37. The first-order chi connectivity index (χ1) is 12.5. The Balaban J connectivity index is 1.63. The molecule has 1 atom stereocenters. The van der Waals surface area contributed by atoms with E-state index in [0.717, 1.165) is 11.3 Å². The Kier molecular flexibility index (Phi) is 4.20. The fourth-order valence-electron chi connectivity index (χ4n) is 3.13. The number of thioether (sulfide) groups is 1. The van der Waals surface area contributed by atoms with Gasteiger partial charge < -0.3 is 14.4 Å². The van der Waals surface area contributed by atoms with Crippen LogP contribution in [0.3, 0.4) is 0 Å². The molecule has 4 rings (SSSR count). The monoisotopic (exact) mass is 372 g/mol. The van der Waals surface area contributed by atoms with E-state index >= 15 is 0 Å². The highest BCUT2D eigenvalue weighted by molar-refractivity contribution is 7.99. The SMILES string of the molecule is Cc1ccc(C(=O)N2CCS[C@H]2c2ccc3c(c2)OCO3)cc1[N+](=O)[O-]. The van der Waals surface area contributed by atoms with Crippen LogP contribution < -0.4 is 9.47 Å². The quantitative estimate of drug-likeness (QED) is 0.606. The molecule has 1 fully saturated rings. The third kappa shape index (κ3) is 2.86. The summed E-state index contributed by atoms with van der Waals surface area (Å²) in [5, 5.41) is 11.0. The molecule has 0 unspecified atom stereocenters. The molecule has 0 spiro atoms. The van der Waals surface area contributed by atoms with E-state index in [1.165, 1.54) is 6.07 Å². The molecule has 1 saturated heterocycles. The van der Waals surface area contributed by atoms with Crippen molar-refractivity contribution in [3.05, 3.63) is 63.2 Å². The predicted molar refractivity (Wildman–Crippen MR) is 96.6 cm³/mol. The van der Waals surface area contributed by atoms with Crippen LogP contribution in [0.15, 0.2) is 36.4 Å². The number of benzene rings is 2. The topological polar surface area (TPSA) is 81.9 Å². The van der Waals surface area contributed by atoms with E-state index in [0.29, 0.717) is 29.2 Å². The summed E-state index contributed by atoms with van der Waals surface area (Å²) in [5.74, 6) is 1.97. The summed E-state index contributed by atoms with van der Waals surface area (Å²) in [5.41, 5.74) is 1.78. The number of nitrogens with zero attached hydrogens (tertiary/aromatic N) is 2. The molecular formula is C18H16N2O5S. The van der Waals surface area contributed by atoms with Gasteiger partial charge in [0.2, 0.25) is 6.79 Å². The number of ether oxygens (including phenoxy) is 2. The molecule has 8 heteroatoms. The van der Waals surface area contributed by atoms with Gasteiger partial charge in [-0.15, -0.1) is 11.8 Å². The van der Waals surface area contributed by atoms with Crippen LogP contribution in [0.1, 0.15) is 26.9 Å². The Bertz CT molecular complexity index is 901. The van der Waals surface area contributed by atoms with E-state index in [1.807, 2.05) is 18.2 Å². The third-order valence-corrected chi connectivity index (χ3v) is 5.75. The average Bonchev–Trinajstić information content (AvgIpc) is 3.29. The normalized spacial score (nSPS) is 18.2. The number of amides is 1. The number of rotatable bonds is 3. The number of fused-ring (bicyclic) bond motifs is 1. The zero-order chi connectivity index (χ0) is 18.3. The summed E-state index contributed by atoms with van der Waals surface area (Å²) >= 11 is 1.66. The number of nitro groups is 1. The van der Waals surface area contributed by atoms with Gasteiger partial charge in [0.25, 0.3) is 11.6 Å². The van der Waals surface area contributed by atoms with E-state index in [4.69, 9.17) is 9.47 Å². The highest BCUT2D eigenvalue weighted by Gasteiger charge is 2.33. The van der Waals surface area contributed by atoms with Crippen molar-refractivity contribution in [1.82, 2.24) is 4.90 Å². The molecule has 0 aliphatic carbocycles. The van der Waals surface area contributed by atoms with Crippen molar-refractivity contribution in [3.8, 4) is 11.5 Å². The van der Waals surface area contributed by atoms with Crippen LogP contribution in [0, 0.1) is 17.0 Å². The van der Waals surface area contributed by atoms with Crippen LogP contribution in [-0.4, -0.2) is 34.8 Å². The van der Waals surface area contributed by atoms with Gasteiger partial charge in [-0.3, -0.25) is 14.9 Å². The number of hydrogen-bond acceptors (Lipinski definition) is 6. The van der Waals surface area contributed by atoms with Gasteiger partial charge in [-0.2, -0.15) is 0 Å². The molecule has 2 aliphatic heterocycles. The highest BCUT2D eigenvalue weighted by Crippen LogP contribution is 2.42. The zero-order valence-corrected chi connectivity index (χ0v) is 14.8. The van der Waals surface area contributed by atoms with Crippen molar-refractivity contribution in [2.45, 2.75) is 12.3 Å². The molecule has 0 saturated carbocycles. The molecule has 1 amide bonds. The van der Waals surface area contributed by atoms with E-state index in [1.54, 1.807) is 35.7 Å². The lowest BCUT2D eigenvalue weighted by atomic mass is 10.1. The minimum absolute atomic E-state index is 0.0395. The fraction of sp³-hybridized carbons (Fsp3) is 0.278. The van der Waals surface area contributed by atoms with Crippen molar-refractivity contribution < 1.29 is 19.2 Å². The minimum atomic E-state index is -0.458. The second-order valence-electron chi connectivity index (χ2n) is 6.09. The second kappa shape index (κ2) is 6.53. The molecular weight excluding hydrogens is 356 g/mol. The molecule has 0 bridgehead atoms. The first kappa shape index (κ1) is 16.7. The number of carbonyl (C=O) groups is 1. The summed E-state index contributed by atoms with van der Waals surface area (Å²) in [4.78, 5) is 25.4. The Morgan fingerprint density at radius 3 is 2.85 bits per heavy atom. The molecule has 2 aromatic rings. The van der Waals surface area contributed by atoms with Crippen molar-refractivity contribution in [1.29, 1.82) is 0 Å². The first-order valence-corrected chi connectivity index (χ1v) is 9.16. The molecule has 0 aromatic heterocycles. The van der Waals surface area contributed by atoms with E-state index in [-0.39, 0.29) is 23.8 Å². The number of carbonyl (C=O) groups excluding carboxylic acids is 1. The van der Waals surface area contributed by atoms with Crippen molar-refractivity contribution >= 4 is 23.4 Å². The van der Waals surface area contributed by atoms with Gasteiger partial charge in [0, 0.05) is 29.5 Å². The molecule has 7 nitrogen and oxygen atoms in total. The second-order valence-corrected chi connectivity index (χ2v) is 7.28. The van der Waals surface area contributed by atoms with Gasteiger partial charge in [-0.05, 0) is 30.7 Å². The van der Waals surface area contributed by atoms with Crippen LogP contribution in [0.2, 0.25) is 0 Å². The van der Waals surface area contributed by atoms with E-state index in [2.05, 4.69) is 0 Å². The smallest absolute Gasteiger partial charge is 0.273 e. The predicted octanol–water partition coefficient (Wildman–Crippen LogP) is 3.52. The molecule has 2 aromatic carbocycles. The Labute approximate surface area is 154 Å². The first-order valence-electron chi connectivity index (χ1n) is 8.12. The van der Waals surface area contributed by atoms with E-state index < -0.39 is 4.92 Å². The Hall–Kier alpha value is -2.74. The van der Waals surface area contributed by atoms with E-state index in [9.17, 15) is 14.9 Å². The van der Waals surface area contributed by atoms with Crippen molar-refractivity contribution in [2.24, 2.45) is 0 Å². The number of hydrogen-bond donors (Lipinski definition) is 0. The maximum atomic E-state index is 13.0. The van der Waals surface area contributed by atoms with Crippen LogP contribution in [0.25, 0.3) is 0 Å². The largest absolute Gasteiger partial charge is 0.454 e. The summed E-state index contributed by atoms with van der Waals surface area (Å²) in [7, 11) is 0. The van der Waals surface area contributed by atoms with Crippen molar-refractivity contribution in [2.75, 3.05) is 19.1 Å². The maximum absolute atomic E-state index is 13.0. The average molecular weight is 372 g/mol. The standard InChI is InChI=1S/C18H16N2O5S/c1-11-2-3-12(8-14(11)20(22)23)17(21)19-6-7-26-18(19)13-4-5-15-16(9-13)25-10-24-15/h2-5,8-9,18H,6-7,10H2,1H3/t18-/m0/s1. The van der Waals surface area contributed by atoms with Gasteiger partial charge in [-0.1, -0.05) is 12.1 Å². The van der Waals surface area contributed by atoms with Crippen LogP contribution in [0.4, 0.5) is 5.69 Å². The van der Waals surface area contributed by atoms with Gasteiger partial charge >= 0.3 is 0 Å². The molecule has 0 N–H and O–H groups in total. The summed E-state index contributed by atoms with van der Waals surface area (Å²) in [6, 6.07) is 10.3. The zero-order valence-electron chi connectivity index (χ0n) is 14.0. The Morgan fingerprint density at radius 1 is 1.23 bits per heavy atom. The summed E-state index contributed by atoms with van der Waals surface area (Å²) in [6.45, 7) is 2.45. The van der Waals surface area contributed by atoms with Gasteiger partial charge in [0.1, 0.15) is 5.37 Å². The lowest BCUT2D eigenvalue weighted by Gasteiger charge is -2.24. The molecule has 134 valence electrons. The van der Waals surface area contributed by atoms with Gasteiger partial charge in [0.15, 0.2) is 11.5 Å². The lowest BCUT2D eigenvalue weighted by molar-refractivity contribution is -0.385. The molecule has 26 heavy (non-hydrogen) atoms. The minimum Gasteiger partial charge on any atom is -0.454 e. The highest BCUT2D eigenvalue weighted by atomic mass is 32.2. The summed E-state index contributed by atoms with van der Waals surface area (Å²) in [6.07, 6.45) is 0. The summed E-state index contributed by atoms with van der Waals surface area (Å²) < 4.78 is 10.8. The molecule has 2 aliphatic rings.